The van der Waals surface area contributed by atoms with Crippen LogP contribution in [0.3, 0.4) is 0 Å². The number of hydrogen-bond donors (Lipinski definition) is 1. The number of rotatable bonds is 5. The van der Waals surface area contributed by atoms with E-state index in [1.807, 2.05) is 18.2 Å². The zero-order valence-electron chi connectivity index (χ0n) is 11.6. The lowest BCUT2D eigenvalue weighted by Crippen LogP contribution is -2.23. The van der Waals surface area contributed by atoms with Crippen LogP contribution in [0, 0.1) is 6.92 Å². The second kappa shape index (κ2) is 7.26. The minimum absolute atomic E-state index is 0.134. The Balaban J connectivity index is 1.89. The highest BCUT2D eigenvalue weighted by Crippen LogP contribution is 2.22. The van der Waals surface area contributed by atoms with Crippen LogP contribution in [0.1, 0.15) is 23.1 Å². The van der Waals surface area contributed by atoms with E-state index < -0.39 is 0 Å². The second-order valence-electron chi connectivity index (χ2n) is 5.22. The minimum atomic E-state index is 0.134. The summed E-state index contributed by atoms with van der Waals surface area (Å²) in [6.45, 7) is 2.10. The maximum Gasteiger partial charge on any atom is 0.0449 e. The monoisotopic (exact) mass is 351 g/mol. The van der Waals surface area contributed by atoms with Crippen molar-refractivity contribution >= 4 is 27.5 Å². The van der Waals surface area contributed by atoms with E-state index in [1.165, 1.54) is 11.1 Å². The van der Waals surface area contributed by atoms with E-state index in [2.05, 4.69) is 47.1 Å². The largest absolute Gasteiger partial charge is 0.327 e. The van der Waals surface area contributed by atoms with Crippen molar-refractivity contribution in [2.75, 3.05) is 0 Å². The molecule has 1 unspecified atom stereocenters. The van der Waals surface area contributed by atoms with Crippen molar-refractivity contribution in [3.63, 3.8) is 0 Å². The lowest BCUT2D eigenvalue weighted by molar-refractivity contribution is 0.610. The molecule has 0 saturated carbocycles. The highest BCUT2D eigenvalue weighted by atomic mass is 79.9. The molecule has 2 N–H and O–H groups in total. The fourth-order valence-electron chi connectivity index (χ4n) is 2.18. The van der Waals surface area contributed by atoms with Crippen LogP contribution in [0.15, 0.2) is 46.9 Å². The van der Waals surface area contributed by atoms with Crippen molar-refractivity contribution < 1.29 is 0 Å². The molecule has 20 heavy (non-hydrogen) atoms. The van der Waals surface area contributed by atoms with Gasteiger partial charge in [-0.1, -0.05) is 63.4 Å². The van der Waals surface area contributed by atoms with Gasteiger partial charge in [0.2, 0.25) is 0 Å². The Morgan fingerprint density at radius 3 is 2.50 bits per heavy atom. The minimum Gasteiger partial charge on any atom is -0.327 e. The van der Waals surface area contributed by atoms with Crippen molar-refractivity contribution in [1.29, 1.82) is 0 Å². The molecule has 1 atom stereocenters. The van der Waals surface area contributed by atoms with E-state index in [0.29, 0.717) is 0 Å². The van der Waals surface area contributed by atoms with Gasteiger partial charge in [-0.2, -0.15) is 0 Å². The van der Waals surface area contributed by atoms with Gasteiger partial charge in [-0.05, 0) is 49.4 Å². The molecule has 0 aliphatic carbocycles. The first-order valence-corrected chi connectivity index (χ1v) is 7.97. The summed E-state index contributed by atoms with van der Waals surface area (Å²) in [4.78, 5) is 0. The van der Waals surface area contributed by atoms with Gasteiger partial charge in [-0.25, -0.2) is 0 Å². The quantitative estimate of drug-likeness (QED) is 0.812. The Kier molecular flexibility index (Phi) is 5.64. The number of benzene rings is 2. The molecule has 3 heteroatoms. The zero-order chi connectivity index (χ0) is 14.5. The third-order valence-corrected chi connectivity index (χ3v) is 4.27. The summed E-state index contributed by atoms with van der Waals surface area (Å²) in [6, 6.07) is 14.7. The van der Waals surface area contributed by atoms with Crippen LogP contribution in [0.25, 0.3) is 0 Å². The van der Waals surface area contributed by atoms with E-state index >= 15 is 0 Å². The summed E-state index contributed by atoms with van der Waals surface area (Å²) in [5.41, 5.74) is 9.97. The van der Waals surface area contributed by atoms with Crippen molar-refractivity contribution in [2.24, 2.45) is 5.73 Å². The topological polar surface area (TPSA) is 26.0 Å². The van der Waals surface area contributed by atoms with Gasteiger partial charge in [0, 0.05) is 15.5 Å². The van der Waals surface area contributed by atoms with Crippen LogP contribution in [0.2, 0.25) is 5.02 Å². The van der Waals surface area contributed by atoms with Gasteiger partial charge in [0.25, 0.3) is 0 Å². The van der Waals surface area contributed by atoms with Crippen LogP contribution in [-0.4, -0.2) is 6.04 Å². The van der Waals surface area contributed by atoms with Gasteiger partial charge in [-0.15, -0.1) is 0 Å². The van der Waals surface area contributed by atoms with Crippen LogP contribution >= 0.6 is 27.5 Å². The fourth-order valence-corrected chi connectivity index (χ4v) is 2.93. The SMILES string of the molecule is Cc1ccc(CCC(N)Cc2ccc(Br)cc2Cl)cc1. The maximum absolute atomic E-state index is 6.22. The highest BCUT2D eigenvalue weighted by molar-refractivity contribution is 9.10. The number of hydrogen-bond acceptors (Lipinski definition) is 1. The molecule has 1 nitrogen and oxygen atoms in total. The summed E-state index contributed by atoms with van der Waals surface area (Å²) < 4.78 is 1.000. The molecule has 2 rings (SSSR count). The second-order valence-corrected chi connectivity index (χ2v) is 6.55. The number of halogens is 2. The van der Waals surface area contributed by atoms with Crippen molar-refractivity contribution in [2.45, 2.75) is 32.2 Å². The molecule has 2 aromatic rings. The molecular weight excluding hydrogens is 334 g/mol. The molecule has 0 saturated heterocycles. The lowest BCUT2D eigenvalue weighted by atomic mass is 9.99. The van der Waals surface area contributed by atoms with Gasteiger partial charge in [-0.3, -0.25) is 0 Å². The Hall–Kier alpha value is -0.830. The van der Waals surface area contributed by atoms with E-state index in [-0.39, 0.29) is 6.04 Å². The van der Waals surface area contributed by atoms with Gasteiger partial charge >= 0.3 is 0 Å². The van der Waals surface area contributed by atoms with Gasteiger partial charge in [0.1, 0.15) is 0 Å². The van der Waals surface area contributed by atoms with Crippen LogP contribution in [-0.2, 0) is 12.8 Å². The number of nitrogens with two attached hydrogens (primary N) is 1. The standard InChI is InChI=1S/C17H19BrClN/c1-12-2-4-13(5-3-12)6-9-16(20)10-14-7-8-15(18)11-17(14)19/h2-5,7-8,11,16H,6,9-10,20H2,1H3. The van der Waals surface area contributed by atoms with E-state index in [9.17, 15) is 0 Å². The van der Waals surface area contributed by atoms with Crippen LogP contribution in [0.4, 0.5) is 0 Å². The molecule has 106 valence electrons. The van der Waals surface area contributed by atoms with E-state index in [4.69, 9.17) is 17.3 Å². The van der Waals surface area contributed by atoms with Crippen molar-refractivity contribution in [3.8, 4) is 0 Å². The van der Waals surface area contributed by atoms with Crippen LogP contribution in [0.5, 0.6) is 0 Å². The van der Waals surface area contributed by atoms with Crippen molar-refractivity contribution in [1.82, 2.24) is 0 Å². The van der Waals surface area contributed by atoms with Crippen LogP contribution < -0.4 is 5.73 Å². The average Bonchev–Trinajstić information content (AvgIpc) is 2.41. The molecular formula is C17H19BrClN. The molecule has 0 aromatic heterocycles. The Bertz CT molecular complexity index is 566. The predicted octanol–water partition coefficient (Wildman–Crippen LogP) is 4.91. The van der Waals surface area contributed by atoms with Gasteiger partial charge < -0.3 is 5.73 Å². The summed E-state index contributed by atoms with van der Waals surface area (Å²) in [5, 5.41) is 0.783. The molecule has 0 aliphatic heterocycles. The Morgan fingerprint density at radius 2 is 1.85 bits per heavy atom. The molecule has 0 aliphatic rings. The Labute approximate surface area is 134 Å². The third kappa shape index (κ3) is 4.62. The zero-order valence-corrected chi connectivity index (χ0v) is 13.9. The molecule has 0 radical (unpaired) electrons. The van der Waals surface area contributed by atoms with E-state index in [1.54, 1.807) is 0 Å². The third-order valence-electron chi connectivity index (χ3n) is 3.42. The summed E-state index contributed by atoms with van der Waals surface area (Å²) >= 11 is 9.64. The molecule has 0 spiro atoms. The molecule has 0 heterocycles. The molecule has 2 aromatic carbocycles. The predicted molar refractivity (Wildman–Crippen MR) is 90.3 cm³/mol. The smallest absolute Gasteiger partial charge is 0.0449 e. The van der Waals surface area contributed by atoms with Crippen molar-refractivity contribution in [3.05, 3.63) is 68.7 Å². The lowest BCUT2D eigenvalue weighted by Gasteiger charge is -2.13. The average molecular weight is 353 g/mol. The molecule has 0 amide bonds. The van der Waals surface area contributed by atoms with E-state index in [0.717, 1.165) is 34.3 Å². The fraction of sp³-hybridized carbons (Fsp3) is 0.294. The first kappa shape index (κ1) is 15.6. The Morgan fingerprint density at radius 1 is 1.15 bits per heavy atom. The highest BCUT2D eigenvalue weighted by Gasteiger charge is 2.08. The van der Waals surface area contributed by atoms with Gasteiger partial charge in [0.05, 0.1) is 0 Å². The first-order chi connectivity index (χ1) is 9.54. The van der Waals surface area contributed by atoms with Gasteiger partial charge in [0.15, 0.2) is 0 Å². The number of aryl methyl sites for hydroxylation is 2. The molecule has 0 bridgehead atoms. The molecule has 0 fully saturated rings. The summed E-state index contributed by atoms with van der Waals surface area (Å²) in [5.74, 6) is 0. The first-order valence-electron chi connectivity index (χ1n) is 6.79. The maximum atomic E-state index is 6.22. The summed E-state index contributed by atoms with van der Waals surface area (Å²) in [6.07, 6.45) is 2.79. The normalized spacial score (nSPS) is 12.4. The summed E-state index contributed by atoms with van der Waals surface area (Å²) in [7, 11) is 0.